The highest BCUT2D eigenvalue weighted by Crippen LogP contribution is 2.37. The second-order valence-electron chi connectivity index (χ2n) is 5.78. The van der Waals surface area contributed by atoms with Crippen LogP contribution in [0.5, 0.6) is 5.88 Å². The Labute approximate surface area is 126 Å². The number of hydrogen-bond acceptors (Lipinski definition) is 3. The minimum absolute atomic E-state index is 0.0125. The first kappa shape index (κ1) is 18.1. The molecule has 0 aromatic carbocycles. The van der Waals surface area contributed by atoms with Gasteiger partial charge >= 0.3 is 6.18 Å². The van der Waals surface area contributed by atoms with Gasteiger partial charge in [0.05, 0.1) is 5.57 Å². The monoisotopic (exact) mass is 319 g/mol. The van der Waals surface area contributed by atoms with Crippen molar-refractivity contribution in [2.24, 2.45) is 5.41 Å². The maximum absolute atomic E-state index is 13.0. The highest BCUT2D eigenvalue weighted by atomic mass is 19.4. The van der Waals surface area contributed by atoms with Crippen molar-refractivity contribution >= 4 is 5.78 Å². The predicted molar refractivity (Wildman–Crippen MR) is 72.7 cm³/mol. The number of aromatic nitrogens is 1. The Morgan fingerprint density at radius 1 is 1.27 bits per heavy atom. The average molecular weight is 319 g/mol. The van der Waals surface area contributed by atoms with E-state index in [9.17, 15) is 22.4 Å². The van der Waals surface area contributed by atoms with Crippen LogP contribution in [0.25, 0.3) is 0 Å². The summed E-state index contributed by atoms with van der Waals surface area (Å²) in [5, 5.41) is 0. The zero-order valence-corrected chi connectivity index (χ0v) is 12.5. The summed E-state index contributed by atoms with van der Waals surface area (Å²) < 4.78 is 56.8. The third-order valence-electron chi connectivity index (χ3n) is 2.77. The van der Waals surface area contributed by atoms with Gasteiger partial charge in [0.2, 0.25) is 11.8 Å². The Bertz CT molecular complexity index is 565. The van der Waals surface area contributed by atoms with E-state index < -0.39 is 29.5 Å². The Morgan fingerprint density at radius 3 is 2.41 bits per heavy atom. The lowest BCUT2D eigenvalue weighted by Gasteiger charge is -2.25. The Kier molecular flexibility index (Phi) is 5.68. The molecule has 0 amide bonds. The molecule has 3 nitrogen and oxygen atoms in total. The summed E-state index contributed by atoms with van der Waals surface area (Å²) in [7, 11) is 0. The number of ketones is 1. The van der Waals surface area contributed by atoms with E-state index in [1.807, 2.05) is 0 Å². The molecule has 0 saturated heterocycles. The molecular weight excluding hydrogens is 302 g/mol. The molecule has 0 atom stereocenters. The summed E-state index contributed by atoms with van der Waals surface area (Å²) in [4.78, 5) is 14.4. The van der Waals surface area contributed by atoms with E-state index in [1.54, 1.807) is 13.8 Å². The quantitative estimate of drug-likeness (QED) is 0.442. The molecule has 1 aromatic heterocycles. The van der Waals surface area contributed by atoms with Crippen molar-refractivity contribution in [2.75, 3.05) is 0 Å². The number of alkyl halides is 3. The molecule has 0 aliphatic heterocycles. The van der Waals surface area contributed by atoms with Crippen LogP contribution in [0.3, 0.4) is 0 Å². The molecule has 0 spiro atoms. The summed E-state index contributed by atoms with van der Waals surface area (Å²) in [6, 6.07) is 3.57. The normalized spacial score (nSPS) is 13.1. The highest BCUT2D eigenvalue weighted by Gasteiger charge is 2.38. The van der Waals surface area contributed by atoms with Crippen molar-refractivity contribution in [3.8, 4) is 5.88 Å². The molecule has 0 bridgehead atoms. The second-order valence-corrected chi connectivity index (χ2v) is 5.78. The molecule has 1 rings (SSSR count). The van der Waals surface area contributed by atoms with Gasteiger partial charge in [0.1, 0.15) is 12.0 Å². The molecular formula is C15H17F4NO2. The van der Waals surface area contributed by atoms with E-state index in [0.29, 0.717) is 6.26 Å². The number of carbonyl (C=O) groups excluding carboxylic acids is 1. The van der Waals surface area contributed by atoms with Crippen LogP contribution >= 0.6 is 0 Å². The van der Waals surface area contributed by atoms with E-state index in [1.165, 1.54) is 19.1 Å². The lowest BCUT2D eigenvalue weighted by molar-refractivity contribution is -0.120. The van der Waals surface area contributed by atoms with Crippen molar-refractivity contribution in [2.45, 2.75) is 39.8 Å². The summed E-state index contributed by atoms with van der Waals surface area (Å²) in [5.74, 6) is -1.32. The van der Waals surface area contributed by atoms with Crippen LogP contribution < -0.4 is 4.74 Å². The molecule has 1 aromatic rings. The SMILES string of the molecule is CC(=O)CC(C)(C)C/C(=C/Oc1cccc(F)n1)C(F)(F)F. The number of rotatable bonds is 6. The predicted octanol–water partition coefficient (Wildman–Crippen LogP) is 4.44. The topological polar surface area (TPSA) is 39.2 Å². The maximum atomic E-state index is 13.0. The van der Waals surface area contributed by atoms with Crippen LogP contribution in [-0.4, -0.2) is 16.9 Å². The molecule has 0 aliphatic rings. The molecule has 0 N–H and O–H groups in total. The van der Waals surface area contributed by atoms with E-state index in [2.05, 4.69) is 4.98 Å². The molecule has 7 heteroatoms. The summed E-state index contributed by atoms with van der Waals surface area (Å²) in [6.45, 7) is 4.45. The fraction of sp³-hybridized carbons (Fsp3) is 0.467. The molecule has 0 saturated carbocycles. The minimum atomic E-state index is -4.61. The van der Waals surface area contributed by atoms with Crippen LogP contribution in [0.15, 0.2) is 30.0 Å². The molecule has 1 heterocycles. The van der Waals surface area contributed by atoms with Crippen LogP contribution in [0, 0.1) is 11.4 Å². The largest absolute Gasteiger partial charge is 0.446 e. The standard InChI is InChI=1S/C15H17F4NO2/c1-10(21)7-14(2,3)8-11(15(17,18)19)9-22-13-6-4-5-12(16)20-13/h4-6,9H,7-8H2,1-3H3/b11-9-. The van der Waals surface area contributed by atoms with Crippen LogP contribution in [-0.2, 0) is 4.79 Å². The van der Waals surface area contributed by atoms with Gasteiger partial charge in [-0.15, -0.1) is 0 Å². The lowest BCUT2D eigenvalue weighted by Crippen LogP contribution is -2.23. The van der Waals surface area contributed by atoms with Gasteiger partial charge < -0.3 is 9.53 Å². The first-order valence-corrected chi connectivity index (χ1v) is 6.54. The van der Waals surface area contributed by atoms with Crippen LogP contribution in [0.2, 0.25) is 0 Å². The van der Waals surface area contributed by atoms with Crippen molar-refractivity contribution in [1.82, 2.24) is 4.98 Å². The van der Waals surface area contributed by atoms with E-state index >= 15 is 0 Å². The van der Waals surface area contributed by atoms with Crippen molar-refractivity contribution in [1.29, 1.82) is 0 Å². The fourth-order valence-electron chi connectivity index (χ4n) is 2.05. The molecule has 0 radical (unpaired) electrons. The number of hydrogen-bond donors (Lipinski definition) is 0. The Morgan fingerprint density at radius 2 is 1.91 bits per heavy atom. The molecule has 0 unspecified atom stereocenters. The van der Waals surface area contributed by atoms with E-state index in [0.717, 1.165) is 6.07 Å². The van der Waals surface area contributed by atoms with E-state index in [4.69, 9.17) is 4.74 Å². The number of allylic oxidation sites excluding steroid dienone is 1. The summed E-state index contributed by atoms with van der Waals surface area (Å²) in [6.07, 6.45) is -4.48. The van der Waals surface area contributed by atoms with Gasteiger partial charge in [-0.3, -0.25) is 0 Å². The van der Waals surface area contributed by atoms with Crippen molar-refractivity contribution < 1.29 is 27.1 Å². The molecule has 22 heavy (non-hydrogen) atoms. The first-order chi connectivity index (χ1) is 9.99. The van der Waals surface area contributed by atoms with Gasteiger partial charge in [0.15, 0.2) is 0 Å². The number of pyridine rings is 1. The number of carbonyl (C=O) groups is 1. The van der Waals surface area contributed by atoms with E-state index in [-0.39, 0.29) is 18.1 Å². The number of halogens is 4. The molecule has 122 valence electrons. The van der Waals surface area contributed by atoms with Gasteiger partial charge in [-0.2, -0.15) is 22.5 Å². The van der Waals surface area contributed by atoms with Gasteiger partial charge in [0, 0.05) is 12.5 Å². The highest BCUT2D eigenvalue weighted by molar-refractivity contribution is 5.76. The molecule has 0 fully saturated rings. The Hall–Kier alpha value is -1.92. The van der Waals surface area contributed by atoms with Crippen molar-refractivity contribution in [3.05, 3.63) is 36.0 Å². The second kappa shape index (κ2) is 6.89. The van der Waals surface area contributed by atoms with Crippen LogP contribution in [0.4, 0.5) is 17.6 Å². The first-order valence-electron chi connectivity index (χ1n) is 6.54. The van der Waals surface area contributed by atoms with Gasteiger partial charge in [-0.25, -0.2) is 0 Å². The lowest BCUT2D eigenvalue weighted by atomic mass is 9.81. The van der Waals surface area contributed by atoms with Gasteiger partial charge in [-0.1, -0.05) is 19.9 Å². The number of nitrogens with zero attached hydrogens (tertiary/aromatic N) is 1. The third kappa shape index (κ3) is 6.24. The van der Waals surface area contributed by atoms with Crippen molar-refractivity contribution in [3.63, 3.8) is 0 Å². The van der Waals surface area contributed by atoms with Gasteiger partial charge in [-0.05, 0) is 24.8 Å². The van der Waals surface area contributed by atoms with Gasteiger partial charge in [0.25, 0.3) is 0 Å². The zero-order valence-electron chi connectivity index (χ0n) is 12.5. The fourth-order valence-corrected chi connectivity index (χ4v) is 2.05. The summed E-state index contributed by atoms with van der Waals surface area (Å²) >= 11 is 0. The Balaban J connectivity index is 2.94. The molecule has 0 aliphatic carbocycles. The average Bonchev–Trinajstić information content (AvgIpc) is 2.31. The minimum Gasteiger partial charge on any atom is -0.446 e. The smallest absolute Gasteiger partial charge is 0.415 e. The third-order valence-corrected chi connectivity index (χ3v) is 2.77. The zero-order chi connectivity index (χ0) is 17.0. The summed E-state index contributed by atoms with van der Waals surface area (Å²) in [5.41, 5.74) is -1.81. The van der Waals surface area contributed by atoms with Crippen LogP contribution in [0.1, 0.15) is 33.6 Å². The maximum Gasteiger partial charge on any atom is 0.415 e. The number of Topliss-reactive ketones (excluding diaryl/α,β-unsaturated/α-hetero) is 1. The number of ether oxygens (including phenoxy) is 1.